The minimum atomic E-state index is -0.0289. The summed E-state index contributed by atoms with van der Waals surface area (Å²) in [5, 5.41) is 6.95. The Morgan fingerprint density at radius 1 is 1.39 bits per heavy atom. The molecule has 5 nitrogen and oxygen atoms in total. The van der Waals surface area contributed by atoms with Crippen LogP contribution in [0.2, 0.25) is 0 Å². The average molecular weight is 330 g/mol. The third-order valence-electron chi connectivity index (χ3n) is 4.28. The summed E-state index contributed by atoms with van der Waals surface area (Å²) < 4.78 is 4.25. The molecule has 0 aliphatic carbocycles. The van der Waals surface area contributed by atoms with E-state index in [1.807, 2.05) is 20.0 Å². The van der Waals surface area contributed by atoms with Crippen LogP contribution >= 0.6 is 11.5 Å². The first-order valence-electron chi connectivity index (χ1n) is 7.91. The number of nitrogens with zero attached hydrogens (tertiary/aromatic N) is 2. The first kappa shape index (κ1) is 15.8. The minimum Gasteiger partial charge on any atom is -0.378 e. The van der Waals surface area contributed by atoms with E-state index in [-0.39, 0.29) is 5.91 Å². The largest absolute Gasteiger partial charge is 0.378 e. The molecule has 6 heteroatoms. The van der Waals surface area contributed by atoms with Crippen LogP contribution in [0.1, 0.15) is 22.5 Å². The highest BCUT2D eigenvalue weighted by atomic mass is 32.1. The number of hydrogen-bond donors (Lipinski definition) is 2. The smallest absolute Gasteiger partial charge is 0.256 e. The van der Waals surface area contributed by atoms with Crippen LogP contribution in [0.15, 0.2) is 30.3 Å². The Kier molecular flexibility index (Phi) is 4.81. The lowest BCUT2D eigenvalue weighted by molar-refractivity contribution is 0.0948. The fraction of sp³-hybridized carbons (Fsp3) is 0.412. The monoisotopic (exact) mass is 330 g/mol. The lowest BCUT2D eigenvalue weighted by Gasteiger charge is -2.18. The van der Waals surface area contributed by atoms with Crippen molar-refractivity contribution in [3.05, 3.63) is 41.6 Å². The Balaban J connectivity index is 1.55. The van der Waals surface area contributed by atoms with E-state index in [4.69, 9.17) is 0 Å². The number of carbonyl (C=O) groups excluding carboxylic acids is 1. The van der Waals surface area contributed by atoms with Crippen LogP contribution in [0, 0.1) is 12.8 Å². The molecular formula is C17H22N4OS. The number of rotatable bonds is 5. The molecule has 1 saturated heterocycles. The van der Waals surface area contributed by atoms with Crippen molar-refractivity contribution in [2.45, 2.75) is 13.3 Å². The van der Waals surface area contributed by atoms with E-state index in [9.17, 15) is 4.79 Å². The highest BCUT2D eigenvalue weighted by molar-refractivity contribution is 7.10. The van der Waals surface area contributed by atoms with Gasteiger partial charge in [0.05, 0.1) is 11.3 Å². The van der Waals surface area contributed by atoms with Crippen molar-refractivity contribution in [2.24, 2.45) is 5.92 Å². The molecule has 23 heavy (non-hydrogen) atoms. The Morgan fingerprint density at radius 2 is 2.17 bits per heavy atom. The second kappa shape index (κ2) is 7.00. The van der Waals surface area contributed by atoms with Gasteiger partial charge in [-0.2, -0.15) is 4.37 Å². The van der Waals surface area contributed by atoms with Crippen molar-refractivity contribution in [3.63, 3.8) is 0 Å². The molecule has 1 aliphatic rings. The zero-order valence-corrected chi connectivity index (χ0v) is 14.3. The van der Waals surface area contributed by atoms with Gasteiger partial charge in [-0.05, 0) is 42.9 Å². The maximum atomic E-state index is 12.4. The maximum Gasteiger partial charge on any atom is 0.256 e. The van der Waals surface area contributed by atoms with E-state index >= 15 is 0 Å². The first-order chi connectivity index (χ1) is 11.2. The molecule has 0 spiro atoms. The van der Waals surface area contributed by atoms with Gasteiger partial charge in [-0.1, -0.05) is 18.2 Å². The Morgan fingerprint density at radius 3 is 2.91 bits per heavy atom. The number of anilines is 2. The molecule has 2 aromatic rings. The standard InChI is InChI=1S/C17H22N4OS/c1-12-15(17(18-2)23-20-12)16(22)19-10-13-8-9-21(11-13)14-6-4-3-5-7-14/h3-7,13,18H,8-11H2,1-2H3,(H,19,22)/t13-/m0/s1. The van der Waals surface area contributed by atoms with Crippen molar-refractivity contribution in [1.29, 1.82) is 0 Å². The number of benzene rings is 1. The molecule has 1 aromatic heterocycles. The summed E-state index contributed by atoms with van der Waals surface area (Å²) in [6.07, 6.45) is 1.11. The predicted octanol–water partition coefficient (Wildman–Crippen LogP) is 2.75. The third-order valence-corrected chi connectivity index (χ3v) is 5.23. The van der Waals surface area contributed by atoms with Crippen LogP contribution in [0.3, 0.4) is 0 Å². The van der Waals surface area contributed by atoms with Crippen LogP contribution in [0.5, 0.6) is 0 Å². The molecule has 0 radical (unpaired) electrons. The molecule has 1 aromatic carbocycles. The van der Waals surface area contributed by atoms with Crippen molar-refractivity contribution in [1.82, 2.24) is 9.69 Å². The van der Waals surface area contributed by atoms with E-state index in [0.29, 0.717) is 18.0 Å². The zero-order chi connectivity index (χ0) is 16.2. The van der Waals surface area contributed by atoms with Gasteiger partial charge in [0.25, 0.3) is 5.91 Å². The van der Waals surface area contributed by atoms with Crippen LogP contribution < -0.4 is 15.5 Å². The third kappa shape index (κ3) is 3.47. The van der Waals surface area contributed by atoms with Crippen LogP contribution in [0.4, 0.5) is 10.7 Å². The second-order valence-electron chi connectivity index (χ2n) is 5.87. The van der Waals surface area contributed by atoms with Gasteiger partial charge in [0.15, 0.2) is 0 Å². The van der Waals surface area contributed by atoms with Crippen LogP contribution in [-0.4, -0.2) is 37.0 Å². The summed E-state index contributed by atoms with van der Waals surface area (Å²) in [6.45, 7) is 4.62. The van der Waals surface area contributed by atoms with E-state index in [2.05, 4.69) is 44.2 Å². The van der Waals surface area contributed by atoms with Gasteiger partial charge in [0.1, 0.15) is 5.00 Å². The zero-order valence-electron chi connectivity index (χ0n) is 13.5. The Bertz CT molecular complexity index is 670. The Hall–Kier alpha value is -2.08. The van der Waals surface area contributed by atoms with Crippen molar-refractivity contribution < 1.29 is 4.79 Å². The highest BCUT2D eigenvalue weighted by Crippen LogP contribution is 2.25. The van der Waals surface area contributed by atoms with E-state index in [1.165, 1.54) is 17.2 Å². The van der Waals surface area contributed by atoms with Gasteiger partial charge in [0.2, 0.25) is 0 Å². The number of aryl methyl sites for hydroxylation is 1. The molecule has 1 atom stereocenters. The molecule has 1 aliphatic heterocycles. The highest BCUT2D eigenvalue weighted by Gasteiger charge is 2.24. The van der Waals surface area contributed by atoms with Gasteiger partial charge in [0, 0.05) is 32.4 Å². The quantitative estimate of drug-likeness (QED) is 0.885. The van der Waals surface area contributed by atoms with Gasteiger partial charge >= 0.3 is 0 Å². The van der Waals surface area contributed by atoms with Gasteiger partial charge in [-0.15, -0.1) is 0 Å². The molecule has 122 valence electrons. The summed E-state index contributed by atoms with van der Waals surface area (Å²) in [5.41, 5.74) is 2.72. The minimum absolute atomic E-state index is 0.0289. The number of aromatic nitrogens is 1. The summed E-state index contributed by atoms with van der Waals surface area (Å²) in [7, 11) is 1.82. The van der Waals surface area contributed by atoms with Crippen molar-refractivity contribution >= 4 is 28.1 Å². The number of amides is 1. The molecular weight excluding hydrogens is 308 g/mol. The molecule has 1 fully saturated rings. The van der Waals surface area contributed by atoms with Crippen molar-refractivity contribution in [2.75, 3.05) is 36.9 Å². The fourth-order valence-corrected chi connectivity index (χ4v) is 3.75. The second-order valence-corrected chi connectivity index (χ2v) is 6.64. The van der Waals surface area contributed by atoms with Gasteiger partial charge < -0.3 is 15.5 Å². The molecule has 2 heterocycles. The first-order valence-corrected chi connectivity index (χ1v) is 8.68. The summed E-state index contributed by atoms with van der Waals surface area (Å²) in [4.78, 5) is 14.8. The lowest BCUT2D eigenvalue weighted by atomic mass is 10.1. The predicted molar refractivity (Wildman–Crippen MR) is 95.5 cm³/mol. The Labute approximate surface area is 140 Å². The number of para-hydroxylation sites is 1. The van der Waals surface area contributed by atoms with Crippen molar-refractivity contribution in [3.8, 4) is 0 Å². The molecule has 0 unspecified atom stereocenters. The molecule has 2 N–H and O–H groups in total. The van der Waals surface area contributed by atoms with Gasteiger partial charge in [-0.25, -0.2) is 0 Å². The fourth-order valence-electron chi connectivity index (χ4n) is 3.01. The lowest BCUT2D eigenvalue weighted by Crippen LogP contribution is -2.31. The maximum absolute atomic E-state index is 12.4. The molecule has 0 saturated carbocycles. The van der Waals surface area contributed by atoms with E-state index in [1.54, 1.807) is 0 Å². The molecule has 0 bridgehead atoms. The average Bonchev–Trinajstić information content (AvgIpc) is 3.20. The topological polar surface area (TPSA) is 57.3 Å². The van der Waals surface area contributed by atoms with Gasteiger partial charge in [-0.3, -0.25) is 4.79 Å². The number of nitrogens with one attached hydrogen (secondary N) is 2. The van der Waals surface area contributed by atoms with E-state index < -0.39 is 0 Å². The molecule has 3 rings (SSSR count). The SMILES string of the molecule is CNc1snc(C)c1C(=O)NC[C@@H]1CCN(c2ccccc2)C1. The summed E-state index contributed by atoms with van der Waals surface area (Å²) >= 11 is 1.33. The normalized spacial score (nSPS) is 17.3. The van der Waals surface area contributed by atoms with E-state index in [0.717, 1.165) is 30.2 Å². The number of hydrogen-bond acceptors (Lipinski definition) is 5. The molecule has 1 amide bonds. The number of carbonyl (C=O) groups is 1. The summed E-state index contributed by atoms with van der Waals surface area (Å²) in [6, 6.07) is 10.4. The van der Waals surface area contributed by atoms with Crippen LogP contribution in [0.25, 0.3) is 0 Å². The summed E-state index contributed by atoms with van der Waals surface area (Å²) in [5.74, 6) is 0.461. The van der Waals surface area contributed by atoms with Crippen LogP contribution in [-0.2, 0) is 0 Å².